The van der Waals surface area contributed by atoms with Gasteiger partial charge in [-0.3, -0.25) is 5.32 Å². The van der Waals surface area contributed by atoms with Crippen molar-refractivity contribution in [2.75, 3.05) is 0 Å². The molecule has 2 rings (SSSR count). The summed E-state index contributed by atoms with van der Waals surface area (Å²) in [6, 6.07) is 10.8. The first-order valence-electron chi connectivity index (χ1n) is 4.89. The maximum atomic E-state index is 8.73. The molecule has 0 saturated carbocycles. The van der Waals surface area contributed by atoms with Crippen molar-refractivity contribution in [2.24, 2.45) is 0 Å². The van der Waals surface area contributed by atoms with E-state index in [4.69, 9.17) is 5.26 Å². The van der Waals surface area contributed by atoms with Crippen LogP contribution in [0.5, 0.6) is 0 Å². The Bertz CT molecular complexity index is 388. The van der Waals surface area contributed by atoms with E-state index in [2.05, 4.69) is 43.4 Å². The van der Waals surface area contributed by atoms with Crippen molar-refractivity contribution in [3.8, 4) is 6.07 Å². The quantitative estimate of drug-likeness (QED) is 0.731. The highest BCUT2D eigenvalue weighted by Crippen LogP contribution is 2.37. The van der Waals surface area contributed by atoms with Crippen LogP contribution < -0.4 is 5.32 Å². The highest BCUT2D eigenvalue weighted by Gasteiger charge is 2.35. The molecule has 1 aliphatic heterocycles. The summed E-state index contributed by atoms with van der Waals surface area (Å²) in [5, 5.41) is 12.2. The van der Waals surface area contributed by atoms with E-state index in [0.717, 1.165) is 0 Å². The van der Waals surface area contributed by atoms with Gasteiger partial charge < -0.3 is 0 Å². The van der Waals surface area contributed by atoms with Crippen LogP contribution in [0, 0.1) is 11.3 Å². The SMILES string of the molecule is CC1(C)N[C@H](CC#N)c2ccccc21. The minimum Gasteiger partial charge on any atom is -0.300 e. The Morgan fingerprint density at radius 1 is 1.43 bits per heavy atom. The molecule has 1 aliphatic rings. The lowest BCUT2D eigenvalue weighted by Crippen LogP contribution is -2.31. The van der Waals surface area contributed by atoms with Crippen molar-refractivity contribution in [3.63, 3.8) is 0 Å². The molecule has 2 nitrogen and oxygen atoms in total. The Morgan fingerprint density at radius 2 is 2.14 bits per heavy atom. The van der Waals surface area contributed by atoms with Gasteiger partial charge in [-0.25, -0.2) is 0 Å². The molecule has 0 aromatic heterocycles. The topological polar surface area (TPSA) is 35.8 Å². The van der Waals surface area contributed by atoms with Crippen molar-refractivity contribution in [3.05, 3.63) is 35.4 Å². The normalized spacial score (nSPS) is 22.8. The van der Waals surface area contributed by atoms with Crippen molar-refractivity contribution in [1.29, 1.82) is 5.26 Å². The average molecular weight is 186 g/mol. The molecule has 0 unspecified atom stereocenters. The fourth-order valence-corrected chi connectivity index (χ4v) is 2.21. The Labute approximate surface area is 84.6 Å². The second kappa shape index (κ2) is 3.11. The molecule has 0 saturated heterocycles. The van der Waals surface area contributed by atoms with Gasteiger partial charge in [0.05, 0.1) is 12.5 Å². The van der Waals surface area contributed by atoms with Crippen LogP contribution in [-0.2, 0) is 5.54 Å². The van der Waals surface area contributed by atoms with E-state index < -0.39 is 0 Å². The minimum atomic E-state index is -0.00188. The second-order valence-corrected chi connectivity index (χ2v) is 4.27. The highest BCUT2D eigenvalue weighted by atomic mass is 15.0. The minimum absolute atomic E-state index is 0.00188. The zero-order valence-corrected chi connectivity index (χ0v) is 8.54. The summed E-state index contributed by atoms with van der Waals surface area (Å²) in [7, 11) is 0. The largest absolute Gasteiger partial charge is 0.300 e. The van der Waals surface area contributed by atoms with E-state index in [-0.39, 0.29) is 11.6 Å². The lowest BCUT2D eigenvalue weighted by atomic mass is 9.94. The van der Waals surface area contributed by atoms with E-state index in [9.17, 15) is 0 Å². The molecule has 0 aliphatic carbocycles. The number of benzene rings is 1. The van der Waals surface area contributed by atoms with Gasteiger partial charge in [-0.05, 0) is 25.0 Å². The summed E-state index contributed by atoms with van der Waals surface area (Å²) >= 11 is 0. The molecular weight excluding hydrogens is 172 g/mol. The van der Waals surface area contributed by atoms with Crippen molar-refractivity contribution < 1.29 is 0 Å². The number of hydrogen-bond acceptors (Lipinski definition) is 2. The fraction of sp³-hybridized carbons (Fsp3) is 0.417. The summed E-state index contributed by atoms with van der Waals surface area (Å²) in [5.41, 5.74) is 2.59. The third-order valence-corrected chi connectivity index (χ3v) is 2.84. The summed E-state index contributed by atoms with van der Waals surface area (Å²) < 4.78 is 0. The van der Waals surface area contributed by atoms with Gasteiger partial charge in [-0.15, -0.1) is 0 Å². The molecule has 72 valence electrons. The first kappa shape index (κ1) is 9.23. The second-order valence-electron chi connectivity index (χ2n) is 4.27. The zero-order chi connectivity index (χ0) is 10.2. The zero-order valence-electron chi connectivity index (χ0n) is 8.54. The van der Waals surface area contributed by atoms with Gasteiger partial charge >= 0.3 is 0 Å². The number of nitrogens with one attached hydrogen (secondary N) is 1. The van der Waals surface area contributed by atoms with Crippen LogP contribution in [0.1, 0.15) is 37.4 Å². The molecule has 2 heteroatoms. The first-order valence-corrected chi connectivity index (χ1v) is 4.89. The molecule has 0 radical (unpaired) electrons. The molecule has 1 atom stereocenters. The molecule has 0 bridgehead atoms. The molecule has 0 amide bonds. The Hall–Kier alpha value is -1.33. The van der Waals surface area contributed by atoms with E-state index in [0.29, 0.717) is 6.42 Å². The van der Waals surface area contributed by atoms with Gasteiger partial charge in [0.1, 0.15) is 0 Å². The van der Waals surface area contributed by atoms with Crippen LogP contribution in [0.2, 0.25) is 0 Å². The fourth-order valence-electron chi connectivity index (χ4n) is 2.21. The van der Waals surface area contributed by atoms with Crippen molar-refractivity contribution in [1.82, 2.24) is 5.32 Å². The van der Waals surface area contributed by atoms with Crippen molar-refractivity contribution >= 4 is 0 Å². The molecular formula is C12H14N2. The van der Waals surface area contributed by atoms with E-state index in [1.165, 1.54) is 11.1 Å². The van der Waals surface area contributed by atoms with Crippen LogP contribution in [0.4, 0.5) is 0 Å². The summed E-state index contributed by atoms with van der Waals surface area (Å²) in [4.78, 5) is 0. The van der Waals surface area contributed by atoms with Gasteiger partial charge in [0.25, 0.3) is 0 Å². The lowest BCUT2D eigenvalue weighted by molar-refractivity contribution is 0.393. The molecule has 1 aromatic carbocycles. The Kier molecular flexibility index (Phi) is 2.05. The summed E-state index contributed by atoms with van der Waals surface area (Å²) in [6.07, 6.45) is 0.542. The maximum Gasteiger partial charge on any atom is 0.0641 e. The maximum absolute atomic E-state index is 8.73. The summed E-state index contributed by atoms with van der Waals surface area (Å²) in [5.74, 6) is 0. The number of nitriles is 1. The third kappa shape index (κ3) is 1.30. The van der Waals surface area contributed by atoms with Crippen LogP contribution in [-0.4, -0.2) is 0 Å². The van der Waals surface area contributed by atoms with Crippen LogP contribution in [0.25, 0.3) is 0 Å². The molecule has 1 aromatic rings. The molecule has 0 fully saturated rings. The smallest absolute Gasteiger partial charge is 0.0641 e. The van der Waals surface area contributed by atoms with Crippen molar-refractivity contribution in [2.45, 2.75) is 31.8 Å². The van der Waals surface area contributed by atoms with Gasteiger partial charge in [-0.1, -0.05) is 24.3 Å². The van der Waals surface area contributed by atoms with Crippen LogP contribution >= 0.6 is 0 Å². The monoisotopic (exact) mass is 186 g/mol. The average Bonchev–Trinajstić information content (AvgIpc) is 2.41. The molecule has 14 heavy (non-hydrogen) atoms. The number of fused-ring (bicyclic) bond motifs is 1. The van der Waals surface area contributed by atoms with Crippen LogP contribution in [0.15, 0.2) is 24.3 Å². The predicted octanol–water partition coefficient (Wildman–Crippen LogP) is 2.48. The predicted molar refractivity (Wildman–Crippen MR) is 55.6 cm³/mol. The van der Waals surface area contributed by atoms with E-state index >= 15 is 0 Å². The number of hydrogen-bond donors (Lipinski definition) is 1. The standard InChI is InChI=1S/C12H14N2/c1-12(2)10-6-4-3-5-9(10)11(14-12)7-8-13/h3-6,11,14H,7H2,1-2H3/t11-/m1/s1. The molecule has 0 spiro atoms. The molecule has 1 heterocycles. The van der Waals surface area contributed by atoms with Gasteiger partial charge in [-0.2, -0.15) is 5.26 Å². The van der Waals surface area contributed by atoms with Crippen LogP contribution in [0.3, 0.4) is 0 Å². The first-order chi connectivity index (χ1) is 6.65. The Morgan fingerprint density at radius 3 is 2.86 bits per heavy atom. The van der Waals surface area contributed by atoms with Gasteiger partial charge in [0, 0.05) is 11.6 Å². The molecule has 1 N–H and O–H groups in total. The number of rotatable bonds is 1. The Balaban J connectivity index is 2.45. The van der Waals surface area contributed by atoms with Gasteiger partial charge in [0.2, 0.25) is 0 Å². The van der Waals surface area contributed by atoms with E-state index in [1.807, 2.05) is 6.07 Å². The highest BCUT2D eigenvalue weighted by molar-refractivity contribution is 5.40. The third-order valence-electron chi connectivity index (χ3n) is 2.84. The lowest BCUT2D eigenvalue weighted by Gasteiger charge is -2.20. The number of nitrogens with zero attached hydrogens (tertiary/aromatic N) is 1. The summed E-state index contributed by atoms with van der Waals surface area (Å²) in [6.45, 7) is 4.31. The van der Waals surface area contributed by atoms with Gasteiger partial charge in [0.15, 0.2) is 0 Å². The van der Waals surface area contributed by atoms with E-state index in [1.54, 1.807) is 0 Å².